The predicted octanol–water partition coefficient (Wildman–Crippen LogP) is 1.65. The Balaban J connectivity index is 1.91. The summed E-state index contributed by atoms with van der Waals surface area (Å²) in [6.45, 7) is 8.77. The number of nitrogens with one attached hydrogen (secondary N) is 1. The second-order valence-corrected chi connectivity index (χ2v) is 5.38. The van der Waals surface area contributed by atoms with Gasteiger partial charge in [-0.3, -0.25) is 9.88 Å². The standard InChI is InChI=1S/C12H19ClN4O/c1-12(2,17-3-5-18-6-4-17)9-15-11-8-14-7-10(13)16-11/h7-8H,3-6,9H2,1-2H3,(H,15,16). The highest BCUT2D eigenvalue weighted by Crippen LogP contribution is 2.17. The van der Waals surface area contributed by atoms with Crippen LogP contribution in [-0.4, -0.2) is 53.3 Å². The van der Waals surface area contributed by atoms with E-state index in [-0.39, 0.29) is 5.54 Å². The normalized spacial score (nSPS) is 17.7. The summed E-state index contributed by atoms with van der Waals surface area (Å²) in [5, 5.41) is 3.69. The van der Waals surface area contributed by atoms with Gasteiger partial charge in [-0.15, -0.1) is 0 Å². The number of ether oxygens (including phenoxy) is 1. The van der Waals surface area contributed by atoms with Crippen molar-refractivity contribution in [2.75, 3.05) is 38.2 Å². The first-order valence-corrected chi connectivity index (χ1v) is 6.50. The Hall–Kier alpha value is -0.910. The van der Waals surface area contributed by atoms with Crippen molar-refractivity contribution in [3.63, 3.8) is 0 Å². The number of hydrogen-bond donors (Lipinski definition) is 1. The van der Waals surface area contributed by atoms with Crippen LogP contribution in [0.15, 0.2) is 12.4 Å². The quantitative estimate of drug-likeness (QED) is 0.902. The van der Waals surface area contributed by atoms with Gasteiger partial charge in [0.25, 0.3) is 0 Å². The van der Waals surface area contributed by atoms with Crippen molar-refractivity contribution >= 4 is 17.4 Å². The predicted molar refractivity (Wildman–Crippen MR) is 72.0 cm³/mol. The molecule has 1 N–H and O–H groups in total. The van der Waals surface area contributed by atoms with Crippen molar-refractivity contribution in [1.29, 1.82) is 0 Å². The van der Waals surface area contributed by atoms with Crippen molar-refractivity contribution in [1.82, 2.24) is 14.9 Å². The van der Waals surface area contributed by atoms with E-state index in [1.807, 2.05) is 0 Å². The Labute approximate surface area is 113 Å². The van der Waals surface area contributed by atoms with Crippen LogP contribution < -0.4 is 5.32 Å². The third-order valence-electron chi connectivity index (χ3n) is 3.17. The first kappa shape index (κ1) is 13.5. The largest absolute Gasteiger partial charge is 0.379 e. The van der Waals surface area contributed by atoms with Crippen molar-refractivity contribution in [2.45, 2.75) is 19.4 Å². The Morgan fingerprint density at radius 1 is 1.39 bits per heavy atom. The molecule has 18 heavy (non-hydrogen) atoms. The molecule has 0 unspecified atom stereocenters. The summed E-state index contributed by atoms with van der Waals surface area (Å²) in [6.07, 6.45) is 3.21. The van der Waals surface area contributed by atoms with E-state index in [9.17, 15) is 0 Å². The fourth-order valence-corrected chi connectivity index (χ4v) is 2.16. The van der Waals surface area contributed by atoms with E-state index < -0.39 is 0 Å². The van der Waals surface area contributed by atoms with Gasteiger partial charge in [-0.2, -0.15) is 0 Å². The second-order valence-electron chi connectivity index (χ2n) is 4.99. The Kier molecular flexibility index (Phi) is 4.37. The molecule has 6 heteroatoms. The monoisotopic (exact) mass is 270 g/mol. The molecule has 0 atom stereocenters. The lowest BCUT2D eigenvalue weighted by Crippen LogP contribution is -2.53. The van der Waals surface area contributed by atoms with Crippen molar-refractivity contribution in [3.05, 3.63) is 17.5 Å². The number of hydrogen-bond acceptors (Lipinski definition) is 5. The molecule has 1 aromatic rings. The fraction of sp³-hybridized carbons (Fsp3) is 0.667. The molecule has 1 aromatic heterocycles. The van der Waals surface area contributed by atoms with Gasteiger partial charge in [0.15, 0.2) is 0 Å². The van der Waals surface area contributed by atoms with Gasteiger partial charge in [-0.1, -0.05) is 11.6 Å². The maximum Gasteiger partial charge on any atom is 0.149 e. The summed E-state index contributed by atoms with van der Waals surface area (Å²) in [4.78, 5) is 10.6. The molecule has 0 bridgehead atoms. The summed E-state index contributed by atoms with van der Waals surface area (Å²) < 4.78 is 5.37. The molecule has 0 spiro atoms. The second kappa shape index (κ2) is 5.82. The van der Waals surface area contributed by atoms with Crippen LogP contribution in [0.1, 0.15) is 13.8 Å². The molecule has 0 saturated carbocycles. The number of aromatic nitrogens is 2. The van der Waals surface area contributed by atoms with Gasteiger partial charge < -0.3 is 10.1 Å². The van der Waals surface area contributed by atoms with Crippen LogP contribution in [-0.2, 0) is 4.74 Å². The minimum absolute atomic E-state index is 0.0494. The van der Waals surface area contributed by atoms with Crippen LogP contribution >= 0.6 is 11.6 Å². The highest BCUT2D eigenvalue weighted by Gasteiger charge is 2.27. The van der Waals surface area contributed by atoms with E-state index in [1.54, 1.807) is 6.20 Å². The number of halogens is 1. The average Bonchev–Trinajstić information content (AvgIpc) is 2.38. The molecule has 2 heterocycles. The molecule has 100 valence electrons. The van der Waals surface area contributed by atoms with Gasteiger partial charge in [0.2, 0.25) is 0 Å². The topological polar surface area (TPSA) is 50.3 Å². The maximum atomic E-state index is 5.80. The maximum absolute atomic E-state index is 5.80. The third-order valence-corrected chi connectivity index (χ3v) is 3.36. The van der Waals surface area contributed by atoms with E-state index in [0.717, 1.165) is 32.8 Å². The van der Waals surface area contributed by atoms with Crippen LogP contribution in [0.4, 0.5) is 5.82 Å². The molecule has 1 saturated heterocycles. The van der Waals surface area contributed by atoms with Crippen LogP contribution in [0.25, 0.3) is 0 Å². The summed E-state index contributed by atoms with van der Waals surface area (Å²) in [5.41, 5.74) is 0.0494. The molecule has 1 aliphatic rings. The highest BCUT2D eigenvalue weighted by molar-refractivity contribution is 6.29. The minimum Gasteiger partial charge on any atom is -0.379 e. The van der Waals surface area contributed by atoms with Crippen LogP contribution in [0.2, 0.25) is 5.15 Å². The lowest BCUT2D eigenvalue weighted by atomic mass is 10.0. The Bertz CT molecular complexity index is 393. The minimum atomic E-state index is 0.0494. The SMILES string of the molecule is CC(C)(CNc1cncc(Cl)n1)N1CCOCC1. The fourth-order valence-electron chi connectivity index (χ4n) is 2.01. The molecule has 2 rings (SSSR count). The number of nitrogens with zero attached hydrogens (tertiary/aromatic N) is 3. The molecule has 0 aromatic carbocycles. The highest BCUT2D eigenvalue weighted by atomic mass is 35.5. The van der Waals surface area contributed by atoms with Gasteiger partial charge in [0, 0.05) is 25.2 Å². The lowest BCUT2D eigenvalue weighted by Gasteiger charge is -2.40. The molecular weight excluding hydrogens is 252 g/mol. The first-order chi connectivity index (χ1) is 8.58. The summed E-state index contributed by atoms with van der Waals surface area (Å²) in [6, 6.07) is 0. The molecule has 0 amide bonds. The van der Waals surface area contributed by atoms with E-state index in [4.69, 9.17) is 16.3 Å². The van der Waals surface area contributed by atoms with E-state index >= 15 is 0 Å². The summed E-state index contributed by atoms with van der Waals surface area (Å²) in [7, 11) is 0. The zero-order chi connectivity index (χ0) is 13.0. The Morgan fingerprint density at radius 3 is 2.78 bits per heavy atom. The summed E-state index contributed by atoms with van der Waals surface area (Å²) in [5.74, 6) is 0.712. The zero-order valence-electron chi connectivity index (χ0n) is 10.8. The first-order valence-electron chi connectivity index (χ1n) is 6.12. The average molecular weight is 271 g/mol. The van der Waals surface area contributed by atoms with Crippen LogP contribution in [0, 0.1) is 0 Å². The van der Waals surface area contributed by atoms with Gasteiger partial charge in [-0.25, -0.2) is 4.98 Å². The zero-order valence-corrected chi connectivity index (χ0v) is 11.6. The van der Waals surface area contributed by atoms with Gasteiger partial charge in [0.1, 0.15) is 11.0 Å². The van der Waals surface area contributed by atoms with E-state index in [0.29, 0.717) is 11.0 Å². The Morgan fingerprint density at radius 2 is 2.11 bits per heavy atom. The van der Waals surface area contributed by atoms with Gasteiger partial charge >= 0.3 is 0 Å². The molecular formula is C12H19ClN4O. The van der Waals surface area contributed by atoms with E-state index in [2.05, 4.69) is 34.0 Å². The molecule has 1 aliphatic heterocycles. The number of morpholine rings is 1. The lowest BCUT2D eigenvalue weighted by molar-refractivity contribution is -0.00570. The smallest absolute Gasteiger partial charge is 0.149 e. The molecule has 1 fully saturated rings. The number of anilines is 1. The van der Waals surface area contributed by atoms with E-state index in [1.165, 1.54) is 6.20 Å². The van der Waals surface area contributed by atoms with Crippen LogP contribution in [0.3, 0.4) is 0 Å². The van der Waals surface area contributed by atoms with Gasteiger partial charge in [-0.05, 0) is 13.8 Å². The molecule has 0 radical (unpaired) electrons. The van der Waals surface area contributed by atoms with Crippen LogP contribution in [0.5, 0.6) is 0 Å². The number of rotatable bonds is 4. The van der Waals surface area contributed by atoms with Crippen molar-refractivity contribution in [2.24, 2.45) is 0 Å². The van der Waals surface area contributed by atoms with Crippen molar-refractivity contribution in [3.8, 4) is 0 Å². The summed E-state index contributed by atoms with van der Waals surface area (Å²) >= 11 is 5.80. The molecule has 5 nitrogen and oxygen atoms in total. The third kappa shape index (κ3) is 3.54. The molecule has 0 aliphatic carbocycles. The van der Waals surface area contributed by atoms with Gasteiger partial charge in [0.05, 0.1) is 25.6 Å². The van der Waals surface area contributed by atoms with Crippen molar-refractivity contribution < 1.29 is 4.74 Å².